The quantitative estimate of drug-likeness (QED) is 0.0279. The van der Waals surface area contributed by atoms with Crippen molar-refractivity contribution in [2.45, 2.75) is 129 Å². The maximum absolute atomic E-state index is 13.0. The third kappa shape index (κ3) is 13.6. The summed E-state index contributed by atoms with van der Waals surface area (Å²) in [5.41, 5.74) is 37.8. The van der Waals surface area contributed by atoms with Crippen LogP contribution in [0.5, 0.6) is 5.75 Å². The van der Waals surface area contributed by atoms with Crippen LogP contribution in [0.3, 0.4) is 0 Å². The fourth-order valence-corrected chi connectivity index (χ4v) is 11.6. The Balaban J connectivity index is 0.843. The van der Waals surface area contributed by atoms with Gasteiger partial charge in [0.2, 0.25) is 11.8 Å². The van der Waals surface area contributed by atoms with Crippen molar-refractivity contribution in [1.82, 2.24) is 5.32 Å². The van der Waals surface area contributed by atoms with Gasteiger partial charge in [-0.1, -0.05) is 6.07 Å². The van der Waals surface area contributed by atoms with Gasteiger partial charge in [0.15, 0.2) is 24.3 Å². The van der Waals surface area contributed by atoms with Crippen molar-refractivity contribution in [3.05, 3.63) is 70.4 Å². The fraction of sp³-hybridized carbons (Fsp3) is 0.560. The second-order valence-electron chi connectivity index (χ2n) is 19.7. The first-order valence-electron chi connectivity index (χ1n) is 25.4. The van der Waals surface area contributed by atoms with Crippen LogP contribution in [-0.2, 0) is 38.0 Å². The Morgan fingerprint density at radius 2 is 1.29 bits per heavy atom. The molecule has 19 atom stereocenters. The number of aromatic hydroxyl groups is 1. The molecule has 79 heavy (non-hydrogen) atoms. The van der Waals surface area contributed by atoms with Gasteiger partial charge < -0.3 is 119 Å². The molecule has 22 N–H and O–H groups in total. The van der Waals surface area contributed by atoms with E-state index in [-0.39, 0.29) is 95.0 Å². The first kappa shape index (κ1) is 60.4. The van der Waals surface area contributed by atoms with Gasteiger partial charge in [-0.2, -0.15) is 23.5 Å². The molecule has 4 aliphatic heterocycles. The van der Waals surface area contributed by atoms with E-state index in [9.17, 15) is 60.0 Å². The van der Waals surface area contributed by atoms with E-state index in [0.29, 0.717) is 22.3 Å². The third-order valence-electron chi connectivity index (χ3n) is 14.2. The standard InChI is InChI=1S/C50H68N8O19S2/c51-15-30-39(64)41(66)36(55)48(72-30)75-44-27(54)14-26(53)38(63)46(44)77-50-43(68)45(76-49-37(56)42(67)40(65)31(16-52)73-49)32(74-50)17-79-10-8-57-33(61)7-9-78-18-34(62)58-19-1-4-22(25(11-19)47(69)70)35-23-5-2-20(59)12-28(23)71-29-13-21(60)3-6-24(29)35/h1-6,11-13,26-27,30-32,36-46,48-50,59,63-68H,7-10,14-18,51-56H2,(H,57,61)(H,58,62)(H,69,70)/t26-,27?,30?,31?,32-,36?,37?,38?,39-,40-,41?,42?,43+,44-,45+,46?,48+,49-,50+/m1/s1. The van der Waals surface area contributed by atoms with E-state index in [1.807, 2.05) is 0 Å². The molecule has 29 heteroatoms. The number of rotatable bonds is 21. The summed E-state index contributed by atoms with van der Waals surface area (Å²) in [7, 11) is 0. The van der Waals surface area contributed by atoms with Crippen LogP contribution in [0.4, 0.5) is 5.69 Å². The summed E-state index contributed by atoms with van der Waals surface area (Å²) in [5, 5.41) is 91.8. The second kappa shape index (κ2) is 26.5. The van der Waals surface area contributed by atoms with Gasteiger partial charge in [-0.05, 0) is 48.4 Å². The van der Waals surface area contributed by atoms with Gasteiger partial charge in [0, 0.05) is 89.7 Å². The molecule has 4 fully saturated rings. The van der Waals surface area contributed by atoms with E-state index in [1.54, 1.807) is 12.1 Å². The molecular formula is C50H68N8O19S2. The summed E-state index contributed by atoms with van der Waals surface area (Å²) >= 11 is 2.47. The molecule has 2 aliphatic carbocycles. The summed E-state index contributed by atoms with van der Waals surface area (Å²) < 4.78 is 42.3. The molecule has 0 radical (unpaired) electrons. The zero-order chi connectivity index (χ0) is 57.0. The number of carbonyl (C=O) groups is 3. The van der Waals surface area contributed by atoms with E-state index < -0.39 is 128 Å². The lowest BCUT2D eigenvalue weighted by Crippen LogP contribution is -2.68. The van der Waals surface area contributed by atoms with Crippen molar-refractivity contribution < 1.29 is 88.1 Å². The Morgan fingerprint density at radius 3 is 1.95 bits per heavy atom. The number of thioether (sulfide) groups is 2. The highest BCUT2D eigenvalue weighted by Gasteiger charge is 2.54. The molecule has 0 aromatic heterocycles. The van der Waals surface area contributed by atoms with Crippen molar-refractivity contribution in [2.75, 3.05) is 48.0 Å². The van der Waals surface area contributed by atoms with Gasteiger partial charge in [0.1, 0.15) is 78.1 Å². The van der Waals surface area contributed by atoms with Gasteiger partial charge in [-0.25, -0.2) is 4.79 Å². The minimum absolute atomic E-state index is 0.0420. The number of carboxylic acid groups (broad SMARTS) is 1. The number of aliphatic hydroxyl groups excluding tert-OH is 6. The minimum Gasteiger partial charge on any atom is -0.508 e. The molecule has 8 rings (SSSR count). The number of hydrogen-bond donors (Lipinski definition) is 16. The van der Waals surface area contributed by atoms with Crippen LogP contribution in [0.2, 0.25) is 0 Å². The lowest BCUT2D eigenvalue weighted by atomic mass is 9.84. The molecule has 1 saturated carbocycles. The van der Waals surface area contributed by atoms with Crippen LogP contribution < -0.4 is 50.5 Å². The van der Waals surface area contributed by atoms with Gasteiger partial charge in [-0.15, -0.1) is 0 Å². The SMILES string of the molecule is NCC1O[C@H](O[C@@H]2[C@H](O)[C@H](OC3C(O)[C@H](N)CC(N)[C@H]3O[C@@H]3OC(CN)[C@@H](O)C(O)C3N)O[C@@H]2CSCCNC(=O)CCSCC(=O)Nc2ccc(-c3c4ccc(=O)cc-4oc4cc(O)ccc34)c(C(=O)O)c2)C(N)C(O)[C@@H]1O. The van der Waals surface area contributed by atoms with Crippen LogP contribution >= 0.6 is 23.5 Å². The predicted molar refractivity (Wildman–Crippen MR) is 285 cm³/mol. The fourth-order valence-electron chi connectivity index (χ4n) is 9.97. The summed E-state index contributed by atoms with van der Waals surface area (Å²) in [6.45, 7) is -0.222. The Morgan fingerprint density at radius 1 is 0.658 bits per heavy atom. The number of benzene rings is 3. The molecule has 27 nitrogen and oxygen atoms in total. The minimum atomic E-state index is -1.63. The van der Waals surface area contributed by atoms with Crippen molar-refractivity contribution in [3.63, 3.8) is 0 Å². The Labute approximate surface area is 459 Å². The van der Waals surface area contributed by atoms with E-state index in [0.717, 1.165) is 0 Å². The summed E-state index contributed by atoms with van der Waals surface area (Å²) in [4.78, 5) is 50.7. The van der Waals surface area contributed by atoms with Crippen LogP contribution in [0.15, 0.2) is 63.8 Å². The Bertz CT molecular complexity index is 2790. The highest BCUT2D eigenvalue weighted by Crippen LogP contribution is 2.43. The molecule has 3 saturated heterocycles. The number of carbonyl (C=O) groups excluding carboxylic acids is 2. The van der Waals surface area contributed by atoms with Crippen molar-refractivity contribution in [3.8, 4) is 28.2 Å². The molecule has 434 valence electrons. The van der Waals surface area contributed by atoms with Gasteiger partial charge >= 0.3 is 5.97 Å². The molecule has 2 amide bonds. The maximum atomic E-state index is 13.0. The van der Waals surface area contributed by atoms with Crippen molar-refractivity contribution in [2.24, 2.45) is 34.4 Å². The van der Waals surface area contributed by atoms with Crippen molar-refractivity contribution >= 4 is 58.0 Å². The molecule has 2 aromatic rings. The molecule has 9 unspecified atom stereocenters. The van der Waals surface area contributed by atoms with E-state index in [1.165, 1.54) is 66.0 Å². The molecule has 0 bridgehead atoms. The maximum Gasteiger partial charge on any atom is 0.336 e. The van der Waals surface area contributed by atoms with Crippen LogP contribution in [0.25, 0.3) is 33.4 Å². The first-order chi connectivity index (χ1) is 37.7. The zero-order valence-corrected chi connectivity index (χ0v) is 44.0. The highest BCUT2D eigenvalue weighted by molar-refractivity contribution is 8.00. The van der Waals surface area contributed by atoms with Gasteiger partial charge in [0.05, 0.1) is 35.6 Å². The van der Waals surface area contributed by atoms with Crippen LogP contribution in [-0.4, -0.2) is 218 Å². The zero-order valence-electron chi connectivity index (χ0n) is 42.4. The average molecular weight is 1150 g/mol. The summed E-state index contributed by atoms with van der Waals surface area (Å²) in [6, 6.07) is 8.47. The number of ether oxygens (including phenoxy) is 6. The molecule has 6 aliphatic rings. The van der Waals surface area contributed by atoms with E-state index >= 15 is 0 Å². The summed E-state index contributed by atoms with van der Waals surface area (Å²) in [5.74, 6) is -1.31. The van der Waals surface area contributed by atoms with Crippen LogP contribution in [0.1, 0.15) is 23.2 Å². The Kier molecular flexibility index (Phi) is 20.3. The summed E-state index contributed by atoms with van der Waals surface area (Å²) in [6.07, 6.45) is -20.3. The monoisotopic (exact) mass is 1150 g/mol. The number of amides is 2. The number of aliphatic hydroxyl groups is 6. The highest BCUT2D eigenvalue weighted by atomic mass is 32.2. The molecular weight excluding hydrogens is 1080 g/mol. The largest absolute Gasteiger partial charge is 0.508 e. The number of aromatic carboxylic acids is 1. The number of nitrogens with two attached hydrogens (primary N) is 6. The number of hydrogen-bond acceptors (Lipinski definition) is 26. The van der Waals surface area contributed by atoms with Crippen LogP contribution in [0, 0.1) is 0 Å². The molecule has 2 aromatic carbocycles. The number of anilines is 1. The molecule has 0 spiro atoms. The Hall–Kier alpha value is -4.68. The lowest BCUT2D eigenvalue weighted by molar-refractivity contribution is -0.306. The predicted octanol–water partition coefficient (Wildman–Crippen LogP) is -3.99. The number of fused-ring (bicyclic) bond motifs is 2. The number of nitrogens with one attached hydrogen (secondary N) is 2. The second-order valence-corrected chi connectivity index (χ2v) is 22.0. The van der Waals surface area contributed by atoms with E-state index in [2.05, 4.69) is 10.6 Å². The number of phenolic OH excluding ortho intramolecular Hbond substituents is 1. The topological polar surface area (TPSA) is 479 Å². The lowest BCUT2D eigenvalue weighted by Gasteiger charge is -2.47. The first-order valence-corrected chi connectivity index (χ1v) is 27.7. The van der Waals surface area contributed by atoms with Gasteiger partial charge in [0.25, 0.3) is 0 Å². The third-order valence-corrected chi connectivity index (χ3v) is 16.2. The normalized spacial score (nSPS) is 33.9. The number of carboxylic acids is 1. The van der Waals surface area contributed by atoms with Crippen molar-refractivity contribution in [1.29, 1.82) is 0 Å². The molecule has 4 heterocycles. The van der Waals surface area contributed by atoms with E-state index in [4.69, 9.17) is 67.2 Å². The average Bonchev–Trinajstić information content (AvgIpc) is 3.75. The van der Waals surface area contributed by atoms with Gasteiger partial charge in [-0.3, -0.25) is 14.4 Å². The smallest absolute Gasteiger partial charge is 0.336 e. The number of phenols is 1.